The van der Waals surface area contributed by atoms with E-state index in [-0.39, 0.29) is 10.8 Å². The van der Waals surface area contributed by atoms with Crippen molar-refractivity contribution < 1.29 is 8.78 Å². The Balaban J connectivity index is 2.85. The van der Waals surface area contributed by atoms with Crippen LogP contribution in [0.15, 0.2) is 0 Å². The molecule has 1 aliphatic rings. The molecule has 0 aromatic carbocycles. The van der Waals surface area contributed by atoms with Crippen LogP contribution in [0, 0.1) is 22.7 Å². The zero-order valence-corrected chi connectivity index (χ0v) is 9.41. The van der Waals surface area contributed by atoms with Gasteiger partial charge < -0.3 is 0 Å². The minimum absolute atomic E-state index is 0.276. The summed E-state index contributed by atoms with van der Waals surface area (Å²) in [4.78, 5) is 0. The van der Waals surface area contributed by atoms with Crippen molar-refractivity contribution in [2.24, 2.45) is 22.7 Å². The molecule has 1 rings (SSSR count). The van der Waals surface area contributed by atoms with Gasteiger partial charge in [-0.15, -0.1) is 0 Å². The van der Waals surface area contributed by atoms with Crippen LogP contribution in [0.4, 0.5) is 8.78 Å². The van der Waals surface area contributed by atoms with Crippen LogP contribution in [0.3, 0.4) is 0 Å². The first kappa shape index (κ1) is 10.9. The summed E-state index contributed by atoms with van der Waals surface area (Å²) in [6, 6.07) is 0. The Labute approximate surface area is 79.7 Å². The molecule has 0 bridgehead atoms. The van der Waals surface area contributed by atoms with Crippen molar-refractivity contribution >= 4 is 0 Å². The van der Waals surface area contributed by atoms with Crippen molar-refractivity contribution in [3.8, 4) is 0 Å². The highest BCUT2D eigenvalue weighted by atomic mass is 19.3. The van der Waals surface area contributed by atoms with Gasteiger partial charge in [-0.3, -0.25) is 0 Å². The summed E-state index contributed by atoms with van der Waals surface area (Å²) in [5, 5.41) is 0. The maximum atomic E-state index is 13.5. The molecule has 0 aromatic heterocycles. The van der Waals surface area contributed by atoms with Gasteiger partial charge in [0.15, 0.2) is 0 Å². The van der Waals surface area contributed by atoms with E-state index in [9.17, 15) is 8.78 Å². The molecule has 0 radical (unpaired) electrons. The standard InChI is InChI=1S/C11H20F2/c1-9(2,3)7-8(10(4,5)6)11(7,12)13/h7-8H,1-6H3. The second-order valence-corrected chi connectivity index (χ2v) is 6.36. The number of alkyl halides is 2. The van der Waals surface area contributed by atoms with E-state index in [0.29, 0.717) is 0 Å². The lowest BCUT2D eigenvalue weighted by molar-refractivity contribution is 0.0510. The van der Waals surface area contributed by atoms with E-state index in [1.807, 2.05) is 41.5 Å². The fraction of sp³-hybridized carbons (Fsp3) is 1.00. The molecule has 1 saturated carbocycles. The Kier molecular flexibility index (Phi) is 2.07. The Morgan fingerprint density at radius 3 is 1.08 bits per heavy atom. The second kappa shape index (κ2) is 2.46. The molecule has 0 aliphatic heterocycles. The minimum Gasteiger partial charge on any atom is -0.206 e. The molecule has 2 unspecified atom stereocenters. The van der Waals surface area contributed by atoms with E-state index < -0.39 is 17.8 Å². The van der Waals surface area contributed by atoms with Gasteiger partial charge in [0.2, 0.25) is 0 Å². The summed E-state index contributed by atoms with van der Waals surface area (Å²) < 4.78 is 26.9. The van der Waals surface area contributed by atoms with E-state index in [4.69, 9.17) is 0 Å². The molecule has 0 heterocycles. The van der Waals surface area contributed by atoms with Crippen molar-refractivity contribution in [2.75, 3.05) is 0 Å². The quantitative estimate of drug-likeness (QED) is 0.542. The SMILES string of the molecule is CC(C)(C)C1C(C(C)(C)C)C1(F)F. The topological polar surface area (TPSA) is 0 Å². The van der Waals surface area contributed by atoms with Gasteiger partial charge >= 0.3 is 0 Å². The van der Waals surface area contributed by atoms with Crippen LogP contribution in [0.1, 0.15) is 41.5 Å². The van der Waals surface area contributed by atoms with Crippen LogP contribution in [-0.4, -0.2) is 5.92 Å². The zero-order chi connectivity index (χ0) is 10.7. The molecule has 2 atom stereocenters. The Morgan fingerprint density at radius 1 is 0.769 bits per heavy atom. The number of hydrogen-bond donors (Lipinski definition) is 0. The lowest BCUT2D eigenvalue weighted by Gasteiger charge is -2.22. The average Bonchev–Trinajstić information content (AvgIpc) is 2.29. The fourth-order valence-corrected chi connectivity index (χ4v) is 2.48. The maximum absolute atomic E-state index is 13.5. The predicted molar refractivity (Wildman–Crippen MR) is 50.8 cm³/mol. The van der Waals surface area contributed by atoms with Gasteiger partial charge in [0.05, 0.1) is 0 Å². The Morgan fingerprint density at radius 2 is 1.00 bits per heavy atom. The summed E-state index contributed by atoms with van der Waals surface area (Å²) >= 11 is 0. The number of hydrogen-bond acceptors (Lipinski definition) is 0. The van der Waals surface area contributed by atoms with Crippen LogP contribution >= 0.6 is 0 Å². The summed E-state index contributed by atoms with van der Waals surface area (Å²) in [5.74, 6) is -3.34. The molecule has 0 aromatic rings. The van der Waals surface area contributed by atoms with Gasteiger partial charge in [-0.05, 0) is 10.8 Å². The van der Waals surface area contributed by atoms with Crippen molar-refractivity contribution in [3.63, 3.8) is 0 Å². The van der Waals surface area contributed by atoms with Gasteiger partial charge in [-0.25, -0.2) is 8.78 Å². The third kappa shape index (κ3) is 1.72. The molecular weight excluding hydrogens is 170 g/mol. The zero-order valence-electron chi connectivity index (χ0n) is 9.41. The van der Waals surface area contributed by atoms with Crippen molar-refractivity contribution in [3.05, 3.63) is 0 Å². The van der Waals surface area contributed by atoms with Crippen LogP contribution in [0.2, 0.25) is 0 Å². The van der Waals surface area contributed by atoms with E-state index in [2.05, 4.69) is 0 Å². The van der Waals surface area contributed by atoms with Crippen molar-refractivity contribution in [1.82, 2.24) is 0 Å². The van der Waals surface area contributed by atoms with Gasteiger partial charge in [0.1, 0.15) is 0 Å². The first-order chi connectivity index (χ1) is 5.49. The Hall–Kier alpha value is -0.140. The van der Waals surface area contributed by atoms with Crippen LogP contribution in [0.25, 0.3) is 0 Å². The van der Waals surface area contributed by atoms with Gasteiger partial charge in [0.25, 0.3) is 5.92 Å². The first-order valence-corrected chi connectivity index (χ1v) is 4.87. The van der Waals surface area contributed by atoms with E-state index in [0.717, 1.165) is 0 Å². The molecule has 0 amide bonds. The van der Waals surface area contributed by atoms with Crippen LogP contribution in [-0.2, 0) is 0 Å². The third-order valence-electron chi connectivity index (χ3n) is 2.92. The molecule has 0 saturated heterocycles. The average molecular weight is 190 g/mol. The van der Waals surface area contributed by atoms with E-state index in [1.54, 1.807) is 0 Å². The highest BCUT2D eigenvalue weighted by Crippen LogP contribution is 2.68. The smallest absolute Gasteiger partial charge is 0.206 e. The third-order valence-corrected chi connectivity index (χ3v) is 2.92. The summed E-state index contributed by atoms with van der Waals surface area (Å²) in [6.07, 6.45) is 0. The first-order valence-electron chi connectivity index (χ1n) is 4.87. The highest BCUT2D eigenvalue weighted by molar-refractivity contribution is 5.13. The summed E-state index contributed by atoms with van der Waals surface area (Å²) in [5.41, 5.74) is -0.553. The van der Waals surface area contributed by atoms with E-state index in [1.165, 1.54) is 0 Å². The summed E-state index contributed by atoms with van der Waals surface area (Å²) in [7, 11) is 0. The number of halogens is 2. The van der Waals surface area contributed by atoms with Crippen molar-refractivity contribution in [2.45, 2.75) is 47.5 Å². The second-order valence-electron chi connectivity index (χ2n) is 6.36. The van der Waals surface area contributed by atoms with Gasteiger partial charge in [-0.1, -0.05) is 41.5 Å². The molecule has 78 valence electrons. The Bertz CT molecular complexity index is 183. The molecule has 1 fully saturated rings. The minimum atomic E-state index is -2.45. The normalized spacial score (nSPS) is 33.2. The predicted octanol–water partition coefficient (Wildman–Crippen LogP) is 3.96. The van der Waals surface area contributed by atoms with Crippen LogP contribution < -0.4 is 0 Å². The lowest BCUT2D eigenvalue weighted by atomic mass is 9.81. The van der Waals surface area contributed by atoms with Crippen molar-refractivity contribution in [1.29, 1.82) is 0 Å². The summed E-state index contributed by atoms with van der Waals surface area (Å²) in [6.45, 7) is 11.4. The molecule has 0 N–H and O–H groups in total. The monoisotopic (exact) mass is 190 g/mol. The molecule has 0 nitrogen and oxygen atoms in total. The molecular formula is C11H20F2. The van der Waals surface area contributed by atoms with E-state index >= 15 is 0 Å². The number of rotatable bonds is 0. The van der Waals surface area contributed by atoms with Gasteiger partial charge in [-0.2, -0.15) is 0 Å². The molecule has 0 spiro atoms. The molecule has 2 heteroatoms. The maximum Gasteiger partial charge on any atom is 0.255 e. The lowest BCUT2D eigenvalue weighted by Crippen LogP contribution is -2.16. The molecule has 1 aliphatic carbocycles. The highest BCUT2D eigenvalue weighted by Gasteiger charge is 2.74. The molecule has 13 heavy (non-hydrogen) atoms. The van der Waals surface area contributed by atoms with Gasteiger partial charge in [0, 0.05) is 11.8 Å². The van der Waals surface area contributed by atoms with Crippen LogP contribution in [0.5, 0.6) is 0 Å². The fourth-order valence-electron chi connectivity index (χ4n) is 2.48. The largest absolute Gasteiger partial charge is 0.255 e.